The Labute approximate surface area is 135 Å². The summed E-state index contributed by atoms with van der Waals surface area (Å²) in [7, 11) is 0. The van der Waals surface area contributed by atoms with Crippen molar-refractivity contribution >= 4 is 28.6 Å². The highest BCUT2D eigenvalue weighted by Crippen LogP contribution is 2.42. The Morgan fingerprint density at radius 2 is 2.19 bits per heavy atom. The molecule has 0 radical (unpaired) electrons. The van der Waals surface area contributed by atoms with Crippen LogP contribution >= 0.6 is 22.9 Å². The summed E-state index contributed by atoms with van der Waals surface area (Å²) in [5.74, 6) is 1.45. The number of halogens is 1. The van der Waals surface area contributed by atoms with Gasteiger partial charge in [0.1, 0.15) is 5.75 Å². The van der Waals surface area contributed by atoms with Crippen LogP contribution in [0.5, 0.6) is 5.75 Å². The van der Waals surface area contributed by atoms with E-state index in [2.05, 4.69) is 31.3 Å². The molecule has 112 valence electrons. The zero-order valence-corrected chi connectivity index (χ0v) is 13.9. The number of nitrogens with one attached hydrogen (secondary N) is 1. The van der Waals surface area contributed by atoms with Gasteiger partial charge in [0.15, 0.2) is 0 Å². The molecule has 2 aromatic rings. The smallest absolute Gasteiger partial charge is 0.142 e. The molecule has 1 heterocycles. The fourth-order valence-corrected chi connectivity index (χ4v) is 3.99. The highest BCUT2D eigenvalue weighted by atomic mass is 35.5. The summed E-state index contributed by atoms with van der Waals surface area (Å²) in [6, 6.07) is 10.6. The van der Waals surface area contributed by atoms with Gasteiger partial charge in [-0.25, -0.2) is 0 Å². The van der Waals surface area contributed by atoms with Crippen LogP contribution in [0.15, 0.2) is 30.3 Å². The Morgan fingerprint density at radius 3 is 3.00 bits per heavy atom. The minimum atomic E-state index is 0.340. The lowest BCUT2D eigenvalue weighted by molar-refractivity contribution is 0.272. The van der Waals surface area contributed by atoms with Crippen LogP contribution in [0.2, 0.25) is 4.34 Å². The molecule has 0 bridgehead atoms. The molecule has 0 saturated heterocycles. The van der Waals surface area contributed by atoms with Crippen LogP contribution in [0.25, 0.3) is 0 Å². The first kappa shape index (κ1) is 14.7. The maximum atomic E-state index is 6.13. The van der Waals surface area contributed by atoms with Crippen LogP contribution in [0, 0.1) is 5.92 Å². The fraction of sp³-hybridized carbons (Fsp3) is 0.412. The summed E-state index contributed by atoms with van der Waals surface area (Å²) in [4.78, 5) is 1.41. The third-order valence-electron chi connectivity index (χ3n) is 3.64. The van der Waals surface area contributed by atoms with E-state index in [4.69, 9.17) is 16.3 Å². The maximum absolute atomic E-state index is 6.13. The third kappa shape index (κ3) is 3.35. The molecule has 1 N–H and O–H groups in total. The SMILES string of the molecule is CC(C)COc1ccccc1NC1CCc2sc(Cl)cc21. The molecule has 1 aromatic carbocycles. The fourth-order valence-electron chi connectivity index (χ4n) is 2.64. The largest absolute Gasteiger partial charge is 0.491 e. The number of para-hydroxylation sites is 2. The van der Waals surface area contributed by atoms with Crippen molar-refractivity contribution in [1.29, 1.82) is 0 Å². The first-order valence-electron chi connectivity index (χ1n) is 7.40. The summed E-state index contributed by atoms with van der Waals surface area (Å²) in [6.07, 6.45) is 2.23. The Hall–Kier alpha value is -1.19. The number of hydrogen-bond acceptors (Lipinski definition) is 3. The van der Waals surface area contributed by atoms with Crippen molar-refractivity contribution in [1.82, 2.24) is 0 Å². The first-order valence-corrected chi connectivity index (χ1v) is 8.59. The van der Waals surface area contributed by atoms with Crippen molar-refractivity contribution in [3.8, 4) is 5.75 Å². The van der Waals surface area contributed by atoms with Gasteiger partial charge >= 0.3 is 0 Å². The van der Waals surface area contributed by atoms with Gasteiger partial charge in [0.2, 0.25) is 0 Å². The average Bonchev–Trinajstić information content (AvgIpc) is 2.98. The Bertz CT molecular complexity index is 623. The van der Waals surface area contributed by atoms with Gasteiger partial charge in [-0.1, -0.05) is 37.6 Å². The highest BCUT2D eigenvalue weighted by Gasteiger charge is 2.25. The van der Waals surface area contributed by atoms with Crippen molar-refractivity contribution in [2.75, 3.05) is 11.9 Å². The van der Waals surface area contributed by atoms with E-state index in [-0.39, 0.29) is 0 Å². The number of rotatable bonds is 5. The Balaban J connectivity index is 1.76. The lowest BCUT2D eigenvalue weighted by atomic mass is 10.1. The molecular formula is C17H20ClNOS. The molecule has 3 rings (SSSR count). The summed E-state index contributed by atoms with van der Waals surface area (Å²) >= 11 is 7.83. The molecule has 21 heavy (non-hydrogen) atoms. The average molecular weight is 322 g/mol. The number of ether oxygens (including phenoxy) is 1. The van der Waals surface area contributed by atoms with Gasteiger partial charge in [0.05, 0.1) is 22.7 Å². The number of thiophene rings is 1. The number of benzene rings is 1. The van der Waals surface area contributed by atoms with Crippen LogP contribution in [0.1, 0.15) is 36.8 Å². The molecule has 0 fully saturated rings. The van der Waals surface area contributed by atoms with Gasteiger partial charge in [-0.2, -0.15) is 0 Å². The predicted molar refractivity (Wildman–Crippen MR) is 90.8 cm³/mol. The molecule has 1 unspecified atom stereocenters. The Morgan fingerprint density at radius 1 is 1.38 bits per heavy atom. The van der Waals surface area contributed by atoms with E-state index < -0.39 is 0 Å². The zero-order valence-electron chi connectivity index (χ0n) is 12.4. The van der Waals surface area contributed by atoms with E-state index in [1.807, 2.05) is 18.2 Å². The molecule has 1 aromatic heterocycles. The van der Waals surface area contributed by atoms with Crippen molar-refractivity contribution in [3.05, 3.63) is 45.1 Å². The predicted octanol–water partition coefficient (Wildman–Crippen LogP) is 5.54. The molecule has 1 atom stereocenters. The van der Waals surface area contributed by atoms with Crippen molar-refractivity contribution < 1.29 is 4.74 Å². The summed E-state index contributed by atoms with van der Waals surface area (Å²) < 4.78 is 6.80. The van der Waals surface area contributed by atoms with E-state index in [0.29, 0.717) is 12.0 Å². The van der Waals surface area contributed by atoms with E-state index in [0.717, 1.165) is 35.2 Å². The monoisotopic (exact) mass is 321 g/mol. The Kier molecular flexibility index (Phi) is 4.41. The van der Waals surface area contributed by atoms with Gasteiger partial charge in [-0.15, -0.1) is 11.3 Å². The van der Waals surface area contributed by atoms with Crippen LogP contribution in [0.4, 0.5) is 5.69 Å². The summed E-state index contributed by atoms with van der Waals surface area (Å²) in [5, 5.41) is 3.63. The molecule has 0 amide bonds. The van der Waals surface area contributed by atoms with E-state index >= 15 is 0 Å². The van der Waals surface area contributed by atoms with Crippen molar-refractivity contribution in [2.24, 2.45) is 5.92 Å². The number of fused-ring (bicyclic) bond motifs is 1. The minimum Gasteiger partial charge on any atom is -0.491 e. The molecule has 0 saturated carbocycles. The normalized spacial score (nSPS) is 17.0. The van der Waals surface area contributed by atoms with Crippen LogP contribution in [0.3, 0.4) is 0 Å². The zero-order chi connectivity index (χ0) is 14.8. The number of anilines is 1. The lowest BCUT2D eigenvalue weighted by Gasteiger charge is -2.18. The van der Waals surface area contributed by atoms with E-state index in [1.165, 1.54) is 10.4 Å². The molecule has 0 spiro atoms. The lowest BCUT2D eigenvalue weighted by Crippen LogP contribution is -2.10. The maximum Gasteiger partial charge on any atom is 0.142 e. The van der Waals surface area contributed by atoms with Gasteiger partial charge in [0.25, 0.3) is 0 Å². The standard InChI is InChI=1S/C17H20ClNOS/c1-11(2)10-20-15-6-4-3-5-14(15)19-13-7-8-16-12(13)9-17(18)21-16/h3-6,9,11,13,19H,7-8,10H2,1-2H3. The molecule has 4 heteroatoms. The van der Waals surface area contributed by atoms with E-state index in [1.54, 1.807) is 11.3 Å². The van der Waals surface area contributed by atoms with Crippen LogP contribution in [-0.2, 0) is 6.42 Å². The van der Waals surface area contributed by atoms with Crippen molar-refractivity contribution in [3.63, 3.8) is 0 Å². The summed E-state index contributed by atoms with van der Waals surface area (Å²) in [5.41, 5.74) is 2.42. The number of aryl methyl sites for hydroxylation is 1. The molecule has 2 nitrogen and oxygen atoms in total. The van der Waals surface area contributed by atoms with Gasteiger partial charge < -0.3 is 10.1 Å². The second kappa shape index (κ2) is 6.29. The molecule has 0 aliphatic heterocycles. The van der Waals surface area contributed by atoms with Gasteiger partial charge in [-0.3, -0.25) is 0 Å². The quantitative estimate of drug-likeness (QED) is 0.781. The van der Waals surface area contributed by atoms with Crippen LogP contribution < -0.4 is 10.1 Å². The second-order valence-corrected chi connectivity index (χ2v) is 7.63. The topological polar surface area (TPSA) is 21.3 Å². The van der Waals surface area contributed by atoms with Gasteiger partial charge in [-0.05, 0) is 42.5 Å². The second-order valence-electron chi connectivity index (χ2n) is 5.87. The van der Waals surface area contributed by atoms with Crippen LogP contribution in [-0.4, -0.2) is 6.61 Å². The molecule has 1 aliphatic rings. The molecular weight excluding hydrogens is 302 g/mol. The van der Waals surface area contributed by atoms with Gasteiger partial charge in [0, 0.05) is 4.88 Å². The third-order valence-corrected chi connectivity index (χ3v) is 4.98. The molecule has 1 aliphatic carbocycles. The van der Waals surface area contributed by atoms with E-state index in [9.17, 15) is 0 Å². The first-order chi connectivity index (χ1) is 10.1. The minimum absolute atomic E-state index is 0.340. The highest BCUT2D eigenvalue weighted by molar-refractivity contribution is 7.16. The number of hydrogen-bond donors (Lipinski definition) is 1. The summed E-state index contributed by atoms with van der Waals surface area (Å²) in [6.45, 7) is 5.05. The van der Waals surface area contributed by atoms with Crippen molar-refractivity contribution in [2.45, 2.75) is 32.7 Å².